The first-order valence-corrected chi connectivity index (χ1v) is 9.52. The number of amides is 2. The van der Waals surface area contributed by atoms with E-state index in [-0.39, 0.29) is 23.3 Å². The Bertz CT molecular complexity index is 831. The summed E-state index contributed by atoms with van der Waals surface area (Å²) in [7, 11) is 3.41. The minimum atomic E-state index is -0.497. The van der Waals surface area contributed by atoms with Crippen LogP contribution in [0.1, 0.15) is 24.9 Å². The Hall–Kier alpha value is -2.54. The van der Waals surface area contributed by atoms with Gasteiger partial charge in [-0.2, -0.15) is 0 Å². The lowest BCUT2D eigenvalue weighted by atomic mass is 10.1. The average Bonchev–Trinajstić information content (AvgIpc) is 3.12. The molecular weight excluding hydrogens is 383 g/mol. The highest BCUT2D eigenvalue weighted by Gasteiger charge is 2.27. The van der Waals surface area contributed by atoms with Crippen LogP contribution in [0.5, 0.6) is 5.75 Å². The molecule has 8 heteroatoms. The quantitative estimate of drug-likeness (QED) is 0.766. The molecule has 3 rings (SSSR count). The van der Waals surface area contributed by atoms with E-state index in [1.54, 1.807) is 20.2 Å². The zero-order valence-electron chi connectivity index (χ0n) is 16.2. The van der Waals surface area contributed by atoms with E-state index in [4.69, 9.17) is 16.3 Å². The summed E-state index contributed by atoms with van der Waals surface area (Å²) in [6, 6.07) is 9.03. The van der Waals surface area contributed by atoms with Crippen molar-refractivity contribution in [1.29, 1.82) is 0 Å². The first-order chi connectivity index (χ1) is 13.3. The third-order valence-corrected chi connectivity index (χ3v) is 5.00. The molecule has 1 aliphatic heterocycles. The van der Waals surface area contributed by atoms with Crippen molar-refractivity contribution in [3.8, 4) is 5.75 Å². The van der Waals surface area contributed by atoms with E-state index >= 15 is 0 Å². The molecule has 1 saturated heterocycles. The number of nitrogens with one attached hydrogen (secondary N) is 1. The minimum Gasteiger partial charge on any atom is -0.489 e. The molecule has 6 nitrogen and oxygen atoms in total. The predicted octanol–water partition coefficient (Wildman–Crippen LogP) is 3.86. The van der Waals surface area contributed by atoms with Crippen molar-refractivity contribution in [1.82, 2.24) is 15.2 Å². The van der Waals surface area contributed by atoms with Gasteiger partial charge in [0, 0.05) is 33.3 Å². The zero-order chi connectivity index (χ0) is 20.3. The Morgan fingerprint density at radius 2 is 2.07 bits per heavy atom. The van der Waals surface area contributed by atoms with E-state index < -0.39 is 5.82 Å². The van der Waals surface area contributed by atoms with Gasteiger partial charge >= 0.3 is 6.03 Å². The monoisotopic (exact) mass is 406 g/mol. The molecule has 0 radical (unpaired) electrons. The smallest absolute Gasteiger partial charge is 0.317 e. The number of halogens is 2. The standard InChI is InChI=1S/C20H24ClFN4O2/c1-13(24-20(27)25(2)3)14-4-6-15(7-5-14)28-16-9-11-26(12-16)17-8-10-23-19(21)18(17)22/h4-8,10,13,16H,9,11-12H2,1-3H3,(H,24,27)/t13-,16+/m0/s1. The van der Waals surface area contributed by atoms with Crippen LogP contribution in [-0.4, -0.2) is 49.2 Å². The fourth-order valence-electron chi connectivity index (χ4n) is 3.12. The number of urea groups is 1. The number of carbonyl (C=O) groups is 1. The molecule has 0 aliphatic carbocycles. The van der Waals surface area contributed by atoms with Crippen molar-refractivity contribution in [3.05, 3.63) is 53.1 Å². The van der Waals surface area contributed by atoms with Crippen molar-refractivity contribution in [2.45, 2.75) is 25.5 Å². The van der Waals surface area contributed by atoms with Crippen molar-refractivity contribution >= 4 is 23.3 Å². The van der Waals surface area contributed by atoms with Crippen LogP contribution < -0.4 is 15.0 Å². The molecule has 1 aromatic heterocycles. The van der Waals surface area contributed by atoms with Crippen LogP contribution in [-0.2, 0) is 0 Å². The van der Waals surface area contributed by atoms with Crippen LogP contribution in [0.3, 0.4) is 0 Å². The summed E-state index contributed by atoms with van der Waals surface area (Å²) in [5.41, 5.74) is 1.44. The Morgan fingerprint density at radius 3 is 2.75 bits per heavy atom. The highest BCUT2D eigenvalue weighted by Crippen LogP contribution is 2.28. The van der Waals surface area contributed by atoms with Crippen LogP contribution in [0.4, 0.5) is 14.9 Å². The molecule has 28 heavy (non-hydrogen) atoms. The van der Waals surface area contributed by atoms with Crippen molar-refractivity contribution in [2.75, 3.05) is 32.1 Å². The van der Waals surface area contributed by atoms with E-state index in [0.717, 1.165) is 17.7 Å². The van der Waals surface area contributed by atoms with Gasteiger partial charge < -0.3 is 19.9 Å². The SMILES string of the molecule is C[C@H](NC(=O)N(C)C)c1ccc(O[C@@H]2CCN(c3ccnc(Cl)c3F)C2)cc1. The van der Waals surface area contributed by atoms with Crippen LogP contribution in [0, 0.1) is 5.82 Å². The Labute approximate surface area is 169 Å². The lowest BCUT2D eigenvalue weighted by Crippen LogP contribution is -2.36. The average molecular weight is 407 g/mol. The van der Waals surface area contributed by atoms with Gasteiger partial charge in [-0.05, 0) is 30.7 Å². The predicted molar refractivity (Wildman–Crippen MR) is 108 cm³/mol. The first kappa shape index (κ1) is 20.2. The van der Waals surface area contributed by atoms with Crippen molar-refractivity contribution in [2.24, 2.45) is 0 Å². The maximum absolute atomic E-state index is 14.2. The number of nitrogens with zero attached hydrogens (tertiary/aromatic N) is 3. The molecule has 1 fully saturated rings. The molecule has 0 spiro atoms. The molecule has 2 amide bonds. The molecule has 0 saturated carbocycles. The Morgan fingerprint density at radius 1 is 1.36 bits per heavy atom. The van der Waals surface area contributed by atoms with Crippen LogP contribution in [0.15, 0.2) is 36.5 Å². The highest BCUT2D eigenvalue weighted by atomic mass is 35.5. The van der Waals surface area contributed by atoms with Gasteiger partial charge in [0.05, 0.1) is 18.3 Å². The molecule has 0 unspecified atom stereocenters. The lowest BCUT2D eigenvalue weighted by molar-refractivity contribution is 0.214. The van der Waals surface area contributed by atoms with E-state index in [2.05, 4.69) is 10.3 Å². The number of hydrogen-bond donors (Lipinski definition) is 1. The minimum absolute atomic E-state index is 0.0388. The van der Waals surface area contributed by atoms with Gasteiger partial charge in [0.15, 0.2) is 11.0 Å². The zero-order valence-corrected chi connectivity index (χ0v) is 16.9. The number of pyridine rings is 1. The summed E-state index contributed by atoms with van der Waals surface area (Å²) in [4.78, 5) is 18.9. The van der Waals surface area contributed by atoms with Gasteiger partial charge in [-0.15, -0.1) is 0 Å². The van der Waals surface area contributed by atoms with Crippen LogP contribution in [0.25, 0.3) is 0 Å². The second kappa shape index (κ2) is 8.65. The maximum atomic E-state index is 14.2. The van der Waals surface area contributed by atoms with Crippen molar-refractivity contribution in [3.63, 3.8) is 0 Å². The normalized spacial score (nSPS) is 17.3. The maximum Gasteiger partial charge on any atom is 0.317 e. The van der Waals surface area contributed by atoms with Gasteiger partial charge in [0.2, 0.25) is 0 Å². The van der Waals surface area contributed by atoms with Gasteiger partial charge in [0.1, 0.15) is 11.9 Å². The molecule has 2 atom stereocenters. The number of benzene rings is 1. The van der Waals surface area contributed by atoms with E-state index in [9.17, 15) is 9.18 Å². The molecule has 1 N–H and O–H groups in total. The summed E-state index contributed by atoms with van der Waals surface area (Å²) in [6.07, 6.45) is 2.25. The van der Waals surface area contributed by atoms with E-state index in [1.807, 2.05) is 36.1 Å². The second-order valence-corrected chi connectivity index (χ2v) is 7.40. The third kappa shape index (κ3) is 4.65. The molecule has 1 aliphatic rings. The van der Waals surface area contributed by atoms with Gasteiger partial charge in [0.25, 0.3) is 0 Å². The number of carbonyl (C=O) groups excluding carboxylic acids is 1. The molecule has 2 aromatic rings. The van der Waals surface area contributed by atoms with Gasteiger partial charge in [-0.25, -0.2) is 14.2 Å². The largest absolute Gasteiger partial charge is 0.489 e. The molecule has 1 aromatic carbocycles. The number of aromatic nitrogens is 1. The van der Waals surface area contributed by atoms with E-state index in [1.165, 1.54) is 11.1 Å². The first-order valence-electron chi connectivity index (χ1n) is 9.14. The fraction of sp³-hybridized carbons (Fsp3) is 0.400. The van der Waals surface area contributed by atoms with Crippen LogP contribution >= 0.6 is 11.6 Å². The number of rotatable bonds is 5. The lowest BCUT2D eigenvalue weighted by Gasteiger charge is -2.20. The topological polar surface area (TPSA) is 57.7 Å². The summed E-state index contributed by atoms with van der Waals surface area (Å²) in [5, 5.41) is 2.79. The van der Waals surface area contributed by atoms with Gasteiger partial charge in [-0.1, -0.05) is 23.7 Å². The highest BCUT2D eigenvalue weighted by molar-refractivity contribution is 6.29. The number of anilines is 1. The summed E-state index contributed by atoms with van der Waals surface area (Å²) in [5.74, 6) is 0.248. The molecule has 2 heterocycles. The second-order valence-electron chi connectivity index (χ2n) is 7.04. The summed E-state index contributed by atoms with van der Waals surface area (Å²) >= 11 is 5.77. The fourth-order valence-corrected chi connectivity index (χ4v) is 3.27. The Balaban J connectivity index is 1.58. The Kier molecular flexibility index (Phi) is 6.24. The number of hydrogen-bond acceptors (Lipinski definition) is 4. The molecule has 0 bridgehead atoms. The molecule has 150 valence electrons. The van der Waals surface area contributed by atoms with Gasteiger partial charge in [-0.3, -0.25) is 0 Å². The summed E-state index contributed by atoms with van der Waals surface area (Å²) < 4.78 is 20.2. The van der Waals surface area contributed by atoms with E-state index in [0.29, 0.717) is 18.8 Å². The molecular formula is C20H24ClFN4O2. The third-order valence-electron chi connectivity index (χ3n) is 4.74. The number of ether oxygens (including phenoxy) is 1. The van der Waals surface area contributed by atoms with Crippen molar-refractivity contribution < 1.29 is 13.9 Å². The summed E-state index contributed by atoms with van der Waals surface area (Å²) in [6.45, 7) is 3.20. The van der Waals surface area contributed by atoms with Crippen LogP contribution in [0.2, 0.25) is 5.15 Å².